The summed E-state index contributed by atoms with van der Waals surface area (Å²) in [5.74, 6) is -0.335. The van der Waals surface area contributed by atoms with Crippen LogP contribution in [0.2, 0.25) is 0 Å². The zero-order valence-electron chi connectivity index (χ0n) is 16.3. The van der Waals surface area contributed by atoms with Crippen molar-refractivity contribution in [2.24, 2.45) is 0 Å². The Morgan fingerprint density at radius 2 is 0.833 bits per heavy atom. The fourth-order valence-electron chi connectivity index (χ4n) is 3.93. The maximum atomic E-state index is 9.50. The van der Waals surface area contributed by atoms with Crippen molar-refractivity contribution >= 4 is 37.6 Å². The SMILES string of the molecule is N=C(C(c1ccccc1)c1ccccc1Br)C(c1ccccc1)c1ccccc1Br. The van der Waals surface area contributed by atoms with Gasteiger partial charge in [0, 0.05) is 26.5 Å². The van der Waals surface area contributed by atoms with Crippen molar-refractivity contribution in [3.63, 3.8) is 0 Å². The Morgan fingerprint density at radius 1 is 0.500 bits per heavy atom. The molecule has 1 nitrogen and oxygen atoms in total. The second kappa shape index (κ2) is 9.55. The number of hydrogen-bond acceptors (Lipinski definition) is 1. The summed E-state index contributed by atoms with van der Waals surface area (Å²) in [5, 5.41) is 9.50. The largest absolute Gasteiger partial charge is 0.308 e. The van der Waals surface area contributed by atoms with Crippen molar-refractivity contribution in [2.75, 3.05) is 0 Å². The highest BCUT2D eigenvalue weighted by atomic mass is 79.9. The first-order valence-corrected chi connectivity index (χ1v) is 11.4. The average Bonchev–Trinajstić information content (AvgIpc) is 2.78. The van der Waals surface area contributed by atoms with E-state index in [-0.39, 0.29) is 11.8 Å². The molecule has 0 aliphatic heterocycles. The summed E-state index contributed by atoms with van der Waals surface area (Å²) < 4.78 is 2.03. The number of halogens is 2. The van der Waals surface area contributed by atoms with E-state index in [1.165, 1.54) is 0 Å². The van der Waals surface area contributed by atoms with Crippen LogP contribution in [0.4, 0.5) is 0 Å². The van der Waals surface area contributed by atoms with Gasteiger partial charge in [-0.15, -0.1) is 0 Å². The minimum Gasteiger partial charge on any atom is -0.308 e. The minimum absolute atomic E-state index is 0.168. The van der Waals surface area contributed by atoms with E-state index in [9.17, 15) is 5.41 Å². The Bertz CT molecular complexity index is 1050. The van der Waals surface area contributed by atoms with Gasteiger partial charge in [-0.05, 0) is 34.4 Å². The zero-order valence-corrected chi connectivity index (χ0v) is 19.5. The lowest BCUT2D eigenvalue weighted by atomic mass is 9.76. The highest BCUT2D eigenvalue weighted by molar-refractivity contribution is 9.10. The highest BCUT2D eigenvalue weighted by Gasteiger charge is 2.30. The molecule has 30 heavy (non-hydrogen) atoms. The molecule has 0 saturated carbocycles. The normalized spacial score (nSPS) is 12.9. The summed E-state index contributed by atoms with van der Waals surface area (Å²) in [4.78, 5) is 0. The maximum Gasteiger partial charge on any atom is 0.0487 e. The van der Waals surface area contributed by atoms with Crippen LogP contribution in [0, 0.1) is 5.41 Å². The topological polar surface area (TPSA) is 23.9 Å². The van der Waals surface area contributed by atoms with Crippen LogP contribution >= 0.6 is 31.9 Å². The molecule has 0 spiro atoms. The summed E-state index contributed by atoms with van der Waals surface area (Å²) in [6.07, 6.45) is 0. The smallest absolute Gasteiger partial charge is 0.0487 e. The van der Waals surface area contributed by atoms with E-state index in [0.29, 0.717) is 5.71 Å². The summed E-state index contributed by atoms with van der Waals surface area (Å²) >= 11 is 7.47. The molecular formula is C27H21Br2N. The standard InChI is InChI=1S/C27H21Br2N/c28-23-17-9-7-15-21(23)25(19-11-3-1-4-12-19)27(30)26(20-13-5-2-6-14-20)22-16-8-10-18-24(22)29/h1-18,25-26,30H. The average molecular weight is 519 g/mol. The lowest BCUT2D eigenvalue weighted by molar-refractivity contribution is 0.944. The van der Waals surface area contributed by atoms with Crippen molar-refractivity contribution in [1.29, 1.82) is 5.41 Å². The van der Waals surface area contributed by atoms with Crippen molar-refractivity contribution in [1.82, 2.24) is 0 Å². The third-order valence-corrected chi connectivity index (χ3v) is 6.76. The fourth-order valence-corrected chi connectivity index (χ4v) is 4.96. The van der Waals surface area contributed by atoms with E-state index in [4.69, 9.17) is 0 Å². The zero-order chi connectivity index (χ0) is 20.9. The molecule has 4 aromatic carbocycles. The molecular weight excluding hydrogens is 498 g/mol. The van der Waals surface area contributed by atoms with E-state index in [0.717, 1.165) is 31.2 Å². The summed E-state index contributed by atoms with van der Waals surface area (Å²) in [6, 6.07) is 37.1. The molecule has 3 heteroatoms. The molecule has 1 N–H and O–H groups in total. The van der Waals surface area contributed by atoms with Crippen LogP contribution in [0.1, 0.15) is 34.1 Å². The molecule has 4 rings (SSSR count). The first-order valence-electron chi connectivity index (χ1n) is 9.84. The van der Waals surface area contributed by atoms with Gasteiger partial charge in [0.05, 0.1) is 0 Å². The lowest BCUT2D eigenvalue weighted by Gasteiger charge is -2.28. The Labute approximate surface area is 194 Å². The molecule has 148 valence electrons. The quantitative estimate of drug-likeness (QED) is 0.249. The van der Waals surface area contributed by atoms with Crippen LogP contribution < -0.4 is 0 Å². The third-order valence-electron chi connectivity index (χ3n) is 5.32. The molecule has 0 fully saturated rings. The van der Waals surface area contributed by atoms with Gasteiger partial charge >= 0.3 is 0 Å². The molecule has 0 bridgehead atoms. The maximum absolute atomic E-state index is 9.50. The van der Waals surface area contributed by atoms with E-state index in [2.05, 4.69) is 80.4 Å². The van der Waals surface area contributed by atoms with Crippen LogP contribution in [-0.4, -0.2) is 5.71 Å². The van der Waals surface area contributed by atoms with Gasteiger partial charge in [-0.25, -0.2) is 0 Å². The summed E-state index contributed by atoms with van der Waals surface area (Å²) in [5.41, 5.74) is 5.07. The number of benzene rings is 4. The molecule has 0 aliphatic carbocycles. The fraction of sp³-hybridized carbons (Fsp3) is 0.0741. The van der Waals surface area contributed by atoms with E-state index in [1.54, 1.807) is 0 Å². The second-order valence-electron chi connectivity index (χ2n) is 7.19. The second-order valence-corrected chi connectivity index (χ2v) is 8.89. The molecule has 0 heterocycles. The molecule has 0 amide bonds. The lowest BCUT2D eigenvalue weighted by Crippen LogP contribution is -2.23. The monoisotopic (exact) mass is 517 g/mol. The first kappa shape index (κ1) is 20.8. The number of nitrogens with one attached hydrogen (secondary N) is 1. The minimum atomic E-state index is -0.168. The van der Waals surface area contributed by atoms with E-state index >= 15 is 0 Å². The van der Waals surface area contributed by atoms with Gasteiger partial charge < -0.3 is 5.41 Å². The van der Waals surface area contributed by atoms with Gasteiger partial charge in [0.2, 0.25) is 0 Å². The van der Waals surface area contributed by atoms with Crippen LogP contribution in [0.5, 0.6) is 0 Å². The summed E-state index contributed by atoms with van der Waals surface area (Å²) in [7, 11) is 0. The van der Waals surface area contributed by atoms with Crippen LogP contribution in [0.3, 0.4) is 0 Å². The van der Waals surface area contributed by atoms with Crippen LogP contribution in [0.25, 0.3) is 0 Å². The Balaban J connectivity index is 1.91. The van der Waals surface area contributed by atoms with Gasteiger partial charge in [-0.2, -0.15) is 0 Å². The number of hydrogen-bond donors (Lipinski definition) is 1. The van der Waals surface area contributed by atoms with Gasteiger partial charge in [0.25, 0.3) is 0 Å². The Hall–Kier alpha value is -2.49. The van der Waals surface area contributed by atoms with Crippen molar-refractivity contribution < 1.29 is 0 Å². The van der Waals surface area contributed by atoms with Crippen molar-refractivity contribution in [3.05, 3.63) is 140 Å². The third kappa shape index (κ3) is 4.33. The van der Waals surface area contributed by atoms with Gasteiger partial charge in [0.1, 0.15) is 0 Å². The molecule has 2 atom stereocenters. The molecule has 0 aromatic heterocycles. The predicted octanol–water partition coefficient (Wildman–Crippen LogP) is 8.20. The predicted molar refractivity (Wildman–Crippen MR) is 133 cm³/mol. The first-order chi connectivity index (χ1) is 14.7. The van der Waals surface area contributed by atoms with E-state index in [1.807, 2.05) is 60.7 Å². The summed E-state index contributed by atoms with van der Waals surface area (Å²) in [6.45, 7) is 0. The molecule has 4 aromatic rings. The van der Waals surface area contributed by atoms with Gasteiger partial charge in [0.15, 0.2) is 0 Å². The molecule has 0 saturated heterocycles. The van der Waals surface area contributed by atoms with Crippen molar-refractivity contribution in [3.8, 4) is 0 Å². The molecule has 0 radical (unpaired) electrons. The number of rotatable bonds is 6. The van der Waals surface area contributed by atoms with Gasteiger partial charge in [-0.3, -0.25) is 0 Å². The molecule has 0 aliphatic rings. The Kier molecular flexibility index (Phi) is 6.61. The van der Waals surface area contributed by atoms with Crippen LogP contribution in [-0.2, 0) is 0 Å². The van der Waals surface area contributed by atoms with Gasteiger partial charge in [-0.1, -0.05) is 129 Å². The van der Waals surface area contributed by atoms with Crippen molar-refractivity contribution in [2.45, 2.75) is 11.8 Å². The highest BCUT2D eigenvalue weighted by Crippen LogP contribution is 2.40. The van der Waals surface area contributed by atoms with E-state index < -0.39 is 0 Å². The van der Waals surface area contributed by atoms with Crippen LogP contribution in [0.15, 0.2) is 118 Å². The molecule has 2 unspecified atom stereocenters. The Morgan fingerprint density at radius 3 is 1.20 bits per heavy atom.